The molecule has 0 bridgehead atoms. The molecular weight excluding hydrogens is 280 g/mol. The van der Waals surface area contributed by atoms with Crippen LogP contribution in [0.5, 0.6) is 0 Å². The summed E-state index contributed by atoms with van der Waals surface area (Å²) in [6.45, 7) is 4.89. The van der Waals surface area contributed by atoms with Gasteiger partial charge >= 0.3 is 5.97 Å². The lowest BCUT2D eigenvalue weighted by Gasteiger charge is -2.29. The quantitative estimate of drug-likeness (QED) is 0.820. The second-order valence-electron chi connectivity index (χ2n) is 5.74. The summed E-state index contributed by atoms with van der Waals surface area (Å²) in [4.78, 5) is 29.1. The fourth-order valence-corrected chi connectivity index (χ4v) is 2.94. The van der Waals surface area contributed by atoms with E-state index in [-0.39, 0.29) is 11.6 Å². The van der Waals surface area contributed by atoms with E-state index in [0.29, 0.717) is 24.6 Å². The number of carboxylic acids is 1. The summed E-state index contributed by atoms with van der Waals surface area (Å²) in [6, 6.07) is 2.90. The zero-order chi connectivity index (χ0) is 15.9. The standard InChI is InChI=1S/C17H22N2O3/c1-2-10-19(12-13-6-4-3-5-7-13)16(20)14-8-9-18-15(11-14)17(21)22/h2,8-9,11,13H,1,3-7,10,12H2,(H,21,22). The van der Waals surface area contributed by atoms with E-state index >= 15 is 0 Å². The summed E-state index contributed by atoms with van der Waals surface area (Å²) in [6.07, 6.45) is 9.09. The lowest BCUT2D eigenvalue weighted by atomic mass is 9.89. The van der Waals surface area contributed by atoms with E-state index in [9.17, 15) is 9.59 Å². The van der Waals surface area contributed by atoms with Crippen LogP contribution in [-0.2, 0) is 0 Å². The maximum atomic E-state index is 12.6. The lowest BCUT2D eigenvalue weighted by molar-refractivity contribution is 0.0690. The van der Waals surface area contributed by atoms with Gasteiger partial charge in [0.15, 0.2) is 0 Å². The Labute approximate surface area is 130 Å². The molecule has 0 radical (unpaired) electrons. The minimum Gasteiger partial charge on any atom is -0.477 e. The molecule has 22 heavy (non-hydrogen) atoms. The van der Waals surface area contributed by atoms with Crippen LogP contribution in [0.4, 0.5) is 0 Å². The molecule has 1 aromatic heterocycles. The van der Waals surface area contributed by atoms with Crippen molar-refractivity contribution in [1.82, 2.24) is 9.88 Å². The van der Waals surface area contributed by atoms with Gasteiger partial charge < -0.3 is 10.0 Å². The fourth-order valence-electron chi connectivity index (χ4n) is 2.94. The van der Waals surface area contributed by atoms with E-state index in [1.54, 1.807) is 17.0 Å². The molecule has 1 heterocycles. The van der Waals surface area contributed by atoms with Crippen molar-refractivity contribution in [3.05, 3.63) is 42.2 Å². The maximum Gasteiger partial charge on any atom is 0.354 e. The molecule has 5 nitrogen and oxygen atoms in total. The number of aromatic carboxylic acids is 1. The van der Waals surface area contributed by atoms with E-state index < -0.39 is 5.97 Å². The average molecular weight is 302 g/mol. The van der Waals surface area contributed by atoms with Crippen molar-refractivity contribution in [1.29, 1.82) is 0 Å². The van der Waals surface area contributed by atoms with Gasteiger partial charge in [0.2, 0.25) is 0 Å². The van der Waals surface area contributed by atoms with E-state index in [1.165, 1.54) is 31.5 Å². The second kappa shape index (κ2) is 7.73. The topological polar surface area (TPSA) is 70.5 Å². The SMILES string of the molecule is C=CCN(CC1CCCCC1)C(=O)c1ccnc(C(=O)O)c1. The third-order valence-electron chi connectivity index (χ3n) is 4.07. The monoisotopic (exact) mass is 302 g/mol. The number of nitrogens with zero attached hydrogens (tertiary/aromatic N) is 2. The highest BCUT2D eigenvalue weighted by Gasteiger charge is 2.22. The molecule has 5 heteroatoms. The molecule has 1 aromatic rings. The minimum atomic E-state index is -1.13. The summed E-state index contributed by atoms with van der Waals surface area (Å²) < 4.78 is 0. The Hall–Kier alpha value is -2.17. The molecule has 1 saturated carbocycles. The summed E-state index contributed by atoms with van der Waals surface area (Å²) in [7, 11) is 0. The normalized spacial score (nSPS) is 15.3. The number of hydrogen-bond donors (Lipinski definition) is 1. The molecule has 118 valence electrons. The van der Waals surface area contributed by atoms with Gasteiger partial charge in [0.25, 0.3) is 5.91 Å². The van der Waals surface area contributed by atoms with Crippen molar-refractivity contribution in [2.75, 3.05) is 13.1 Å². The first-order valence-electron chi connectivity index (χ1n) is 7.71. The number of aromatic nitrogens is 1. The predicted molar refractivity (Wildman–Crippen MR) is 83.9 cm³/mol. The minimum absolute atomic E-state index is 0.109. The summed E-state index contributed by atoms with van der Waals surface area (Å²) >= 11 is 0. The first-order chi connectivity index (χ1) is 10.6. The Balaban J connectivity index is 2.12. The second-order valence-corrected chi connectivity index (χ2v) is 5.74. The van der Waals surface area contributed by atoms with Crippen LogP contribution in [0, 0.1) is 5.92 Å². The van der Waals surface area contributed by atoms with Crippen LogP contribution in [0.25, 0.3) is 0 Å². The highest BCUT2D eigenvalue weighted by molar-refractivity contribution is 5.96. The number of carbonyl (C=O) groups is 2. The average Bonchev–Trinajstić information content (AvgIpc) is 2.55. The zero-order valence-corrected chi connectivity index (χ0v) is 12.7. The van der Waals surface area contributed by atoms with Crippen molar-refractivity contribution in [3.8, 4) is 0 Å². The molecule has 2 rings (SSSR count). The molecule has 1 aliphatic carbocycles. The van der Waals surface area contributed by atoms with Gasteiger partial charge in [-0.15, -0.1) is 6.58 Å². The molecule has 1 aliphatic rings. The third-order valence-corrected chi connectivity index (χ3v) is 4.07. The van der Waals surface area contributed by atoms with Crippen LogP contribution in [0.2, 0.25) is 0 Å². The molecule has 1 N–H and O–H groups in total. The Bertz CT molecular complexity index is 551. The summed E-state index contributed by atoms with van der Waals surface area (Å²) in [5.74, 6) is -0.758. The summed E-state index contributed by atoms with van der Waals surface area (Å²) in [5, 5.41) is 8.99. The molecule has 0 unspecified atom stereocenters. The summed E-state index contributed by atoms with van der Waals surface area (Å²) in [5.41, 5.74) is 0.257. The van der Waals surface area contributed by atoms with Gasteiger partial charge in [-0.1, -0.05) is 25.3 Å². The van der Waals surface area contributed by atoms with Gasteiger partial charge in [0, 0.05) is 24.8 Å². The van der Waals surface area contributed by atoms with Gasteiger partial charge in [0.05, 0.1) is 0 Å². The molecule has 1 amide bonds. The number of carboxylic acid groups (broad SMARTS) is 1. The van der Waals surface area contributed by atoms with E-state index in [0.717, 1.165) is 12.8 Å². The first kappa shape index (κ1) is 16.2. The van der Waals surface area contributed by atoms with Crippen LogP contribution in [0.15, 0.2) is 31.0 Å². The van der Waals surface area contributed by atoms with Gasteiger partial charge in [-0.2, -0.15) is 0 Å². The van der Waals surface area contributed by atoms with Gasteiger partial charge in [-0.3, -0.25) is 4.79 Å². The first-order valence-corrected chi connectivity index (χ1v) is 7.71. The zero-order valence-electron chi connectivity index (χ0n) is 12.7. The smallest absolute Gasteiger partial charge is 0.354 e. The molecule has 0 aliphatic heterocycles. The molecule has 0 saturated heterocycles. The van der Waals surface area contributed by atoms with Crippen LogP contribution in [0.3, 0.4) is 0 Å². The van der Waals surface area contributed by atoms with Crippen molar-refractivity contribution in [3.63, 3.8) is 0 Å². The Morgan fingerprint density at radius 2 is 2.09 bits per heavy atom. The van der Waals surface area contributed by atoms with Gasteiger partial charge in [0.1, 0.15) is 5.69 Å². The number of pyridine rings is 1. The van der Waals surface area contributed by atoms with Crippen molar-refractivity contribution >= 4 is 11.9 Å². The van der Waals surface area contributed by atoms with E-state index in [1.807, 2.05) is 0 Å². The lowest BCUT2D eigenvalue weighted by Crippen LogP contribution is -2.36. The van der Waals surface area contributed by atoms with Crippen LogP contribution >= 0.6 is 0 Å². The number of amides is 1. The van der Waals surface area contributed by atoms with E-state index in [4.69, 9.17) is 5.11 Å². The molecule has 0 spiro atoms. The van der Waals surface area contributed by atoms with Crippen LogP contribution in [-0.4, -0.2) is 40.0 Å². The van der Waals surface area contributed by atoms with Crippen molar-refractivity contribution < 1.29 is 14.7 Å². The number of carbonyl (C=O) groups excluding carboxylic acids is 1. The van der Waals surface area contributed by atoms with Crippen LogP contribution in [0.1, 0.15) is 53.0 Å². The fraction of sp³-hybridized carbons (Fsp3) is 0.471. The Morgan fingerprint density at radius 3 is 2.73 bits per heavy atom. The molecular formula is C17H22N2O3. The van der Waals surface area contributed by atoms with E-state index in [2.05, 4.69) is 11.6 Å². The van der Waals surface area contributed by atoms with Crippen molar-refractivity contribution in [2.45, 2.75) is 32.1 Å². The molecule has 0 aromatic carbocycles. The molecule has 0 atom stereocenters. The van der Waals surface area contributed by atoms with Gasteiger partial charge in [-0.25, -0.2) is 9.78 Å². The van der Waals surface area contributed by atoms with Crippen LogP contribution < -0.4 is 0 Å². The van der Waals surface area contributed by atoms with Gasteiger partial charge in [-0.05, 0) is 30.9 Å². The van der Waals surface area contributed by atoms with Crippen molar-refractivity contribution in [2.24, 2.45) is 5.92 Å². The highest BCUT2D eigenvalue weighted by atomic mass is 16.4. The Morgan fingerprint density at radius 1 is 1.36 bits per heavy atom. The largest absolute Gasteiger partial charge is 0.477 e. The maximum absolute atomic E-state index is 12.6. The Kier molecular flexibility index (Phi) is 5.69. The third kappa shape index (κ3) is 4.16. The predicted octanol–water partition coefficient (Wildman–Crippen LogP) is 2.99. The molecule has 1 fully saturated rings. The number of hydrogen-bond acceptors (Lipinski definition) is 3. The number of rotatable bonds is 6. The highest BCUT2D eigenvalue weighted by Crippen LogP contribution is 2.25.